The normalized spacial score (nSPS) is 11.6. The Morgan fingerprint density at radius 1 is 1.12 bits per heavy atom. The number of benzene rings is 2. The summed E-state index contributed by atoms with van der Waals surface area (Å²) in [5, 5.41) is 25.5. The number of hydrogen-bond donors (Lipinski definition) is 1. The van der Waals surface area contributed by atoms with Crippen LogP contribution in [-0.2, 0) is 4.79 Å². The first kappa shape index (κ1) is 18.3. The highest BCUT2D eigenvalue weighted by atomic mass is 35.5. The van der Waals surface area contributed by atoms with E-state index in [-0.39, 0.29) is 23.6 Å². The lowest BCUT2D eigenvalue weighted by Gasteiger charge is -2.19. The molecule has 1 unspecified atom stereocenters. The van der Waals surface area contributed by atoms with Crippen molar-refractivity contribution in [1.29, 1.82) is 0 Å². The second-order valence-corrected chi connectivity index (χ2v) is 5.81. The smallest absolute Gasteiger partial charge is 0.299 e. The van der Waals surface area contributed by atoms with E-state index in [2.05, 4.69) is 5.32 Å². The van der Waals surface area contributed by atoms with Gasteiger partial charge in [0, 0.05) is 17.5 Å². The Morgan fingerprint density at radius 3 is 2.28 bits per heavy atom. The predicted octanol–water partition coefficient (Wildman–Crippen LogP) is 4.29. The molecule has 130 valence electrons. The monoisotopic (exact) mass is 363 g/mol. The van der Waals surface area contributed by atoms with Gasteiger partial charge in [0.25, 0.3) is 11.4 Å². The van der Waals surface area contributed by atoms with Crippen LogP contribution in [0.2, 0.25) is 5.02 Å². The molecule has 2 rings (SSSR count). The fourth-order valence-corrected chi connectivity index (χ4v) is 2.46. The first-order chi connectivity index (χ1) is 11.8. The van der Waals surface area contributed by atoms with Gasteiger partial charge in [0.2, 0.25) is 0 Å². The van der Waals surface area contributed by atoms with E-state index in [1.165, 1.54) is 19.1 Å². The van der Waals surface area contributed by atoms with Gasteiger partial charge >= 0.3 is 0 Å². The van der Waals surface area contributed by atoms with E-state index in [9.17, 15) is 25.0 Å². The molecule has 0 amide bonds. The maximum Gasteiger partial charge on any atom is 0.299 e. The van der Waals surface area contributed by atoms with Crippen LogP contribution in [0.5, 0.6) is 0 Å². The van der Waals surface area contributed by atoms with Gasteiger partial charge in [0.15, 0.2) is 0 Å². The number of nitrogens with one attached hydrogen (secondary N) is 1. The third kappa shape index (κ3) is 4.74. The van der Waals surface area contributed by atoms with E-state index in [0.29, 0.717) is 10.6 Å². The van der Waals surface area contributed by atoms with Gasteiger partial charge < -0.3 is 5.32 Å². The highest BCUT2D eigenvalue weighted by Gasteiger charge is 2.23. The number of non-ortho nitro benzene ring substituents is 1. The molecule has 0 fully saturated rings. The van der Waals surface area contributed by atoms with Crippen molar-refractivity contribution in [3.8, 4) is 0 Å². The predicted molar refractivity (Wildman–Crippen MR) is 92.9 cm³/mol. The molecule has 1 N–H and O–H groups in total. The van der Waals surface area contributed by atoms with Crippen molar-refractivity contribution < 1.29 is 14.6 Å². The summed E-state index contributed by atoms with van der Waals surface area (Å²) in [6.45, 7) is 1.41. The van der Waals surface area contributed by atoms with Crippen molar-refractivity contribution in [3.05, 3.63) is 73.3 Å². The van der Waals surface area contributed by atoms with E-state index < -0.39 is 21.6 Å². The number of rotatable bonds is 7. The summed E-state index contributed by atoms with van der Waals surface area (Å²) in [6, 6.07) is 9.50. The molecule has 25 heavy (non-hydrogen) atoms. The zero-order chi connectivity index (χ0) is 18.6. The van der Waals surface area contributed by atoms with Crippen LogP contribution in [0, 0.1) is 20.2 Å². The third-order valence-corrected chi connectivity index (χ3v) is 3.73. The Balaban J connectivity index is 2.41. The molecule has 0 spiro atoms. The standard InChI is InChI=1S/C16H14ClN3O5/c1-10(21)8-15(11-2-4-12(17)5-3-11)18-14-7-6-13(19(22)23)9-16(14)20(24)25/h2-7,9,15,18H,8H2,1H3. The minimum Gasteiger partial charge on any atom is -0.372 e. The van der Waals surface area contributed by atoms with Gasteiger partial charge in [-0.15, -0.1) is 0 Å². The number of carbonyl (C=O) groups is 1. The van der Waals surface area contributed by atoms with E-state index in [4.69, 9.17) is 11.6 Å². The summed E-state index contributed by atoms with van der Waals surface area (Å²) in [7, 11) is 0. The number of carbonyl (C=O) groups excluding carboxylic acids is 1. The van der Waals surface area contributed by atoms with Gasteiger partial charge in [0.05, 0.1) is 22.0 Å². The van der Waals surface area contributed by atoms with Gasteiger partial charge in [-0.05, 0) is 30.7 Å². The number of hydrogen-bond acceptors (Lipinski definition) is 6. The molecule has 0 aromatic heterocycles. The van der Waals surface area contributed by atoms with Gasteiger partial charge in [-0.3, -0.25) is 25.0 Å². The average Bonchev–Trinajstić information content (AvgIpc) is 2.54. The molecule has 0 bridgehead atoms. The summed E-state index contributed by atoms with van der Waals surface area (Å²) in [6.07, 6.45) is 0.0930. The summed E-state index contributed by atoms with van der Waals surface area (Å²) < 4.78 is 0. The fourth-order valence-electron chi connectivity index (χ4n) is 2.33. The second kappa shape index (κ2) is 7.71. The largest absolute Gasteiger partial charge is 0.372 e. The van der Waals surface area contributed by atoms with Crippen LogP contribution in [0.15, 0.2) is 42.5 Å². The number of nitro benzene ring substituents is 2. The Morgan fingerprint density at radius 2 is 1.76 bits per heavy atom. The zero-order valence-electron chi connectivity index (χ0n) is 13.1. The van der Waals surface area contributed by atoms with Crippen LogP contribution in [0.4, 0.5) is 17.1 Å². The van der Waals surface area contributed by atoms with Crippen molar-refractivity contribution in [2.24, 2.45) is 0 Å². The number of halogens is 1. The lowest BCUT2D eigenvalue weighted by molar-refractivity contribution is -0.393. The highest BCUT2D eigenvalue weighted by Crippen LogP contribution is 2.33. The van der Waals surface area contributed by atoms with Crippen LogP contribution in [0.1, 0.15) is 24.9 Å². The SMILES string of the molecule is CC(=O)CC(Nc1ccc([N+](=O)[O-])cc1[N+](=O)[O-])c1ccc(Cl)cc1. The number of nitrogens with zero attached hydrogens (tertiary/aromatic N) is 2. The van der Waals surface area contributed by atoms with Gasteiger partial charge in [-0.25, -0.2) is 0 Å². The maximum absolute atomic E-state index is 11.6. The Hall–Kier alpha value is -3.00. The summed E-state index contributed by atoms with van der Waals surface area (Å²) >= 11 is 5.86. The molecule has 0 heterocycles. The number of nitro groups is 2. The summed E-state index contributed by atoms with van der Waals surface area (Å²) in [5.41, 5.74) is -0.00683. The van der Waals surface area contributed by atoms with Crippen LogP contribution in [0.25, 0.3) is 0 Å². The first-order valence-electron chi connectivity index (χ1n) is 7.22. The Labute approximate surface area is 147 Å². The molecule has 1 atom stereocenters. The lowest BCUT2D eigenvalue weighted by Crippen LogP contribution is -2.15. The van der Waals surface area contributed by atoms with Gasteiger partial charge in [0.1, 0.15) is 11.5 Å². The van der Waals surface area contributed by atoms with Crippen molar-refractivity contribution in [3.63, 3.8) is 0 Å². The molecule has 8 nitrogen and oxygen atoms in total. The minimum atomic E-state index is -0.706. The number of Topliss-reactive ketones (excluding diaryl/α,β-unsaturated/α-hetero) is 1. The van der Waals surface area contributed by atoms with Crippen molar-refractivity contribution >= 4 is 34.4 Å². The minimum absolute atomic E-state index is 0.0930. The Kier molecular flexibility index (Phi) is 5.66. The number of anilines is 1. The topological polar surface area (TPSA) is 115 Å². The molecule has 0 radical (unpaired) electrons. The molecule has 0 aliphatic carbocycles. The lowest BCUT2D eigenvalue weighted by atomic mass is 10.0. The quantitative estimate of drug-likeness (QED) is 0.579. The van der Waals surface area contributed by atoms with Gasteiger partial charge in [-0.2, -0.15) is 0 Å². The second-order valence-electron chi connectivity index (χ2n) is 5.37. The van der Waals surface area contributed by atoms with Crippen LogP contribution in [0.3, 0.4) is 0 Å². The van der Waals surface area contributed by atoms with Crippen LogP contribution in [-0.4, -0.2) is 15.6 Å². The van der Waals surface area contributed by atoms with Crippen molar-refractivity contribution in [1.82, 2.24) is 0 Å². The molecule has 2 aromatic rings. The zero-order valence-corrected chi connectivity index (χ0v) is 13.9. The van der Waals surface area contributed by atoms with E-state index in [1.807, 2.05) is 0 Å². The molecule has 9 heteroatoms. The molecular weight excluding hydrogens is 350 g/mol. The van der Waals surface area contributed by atoms with Crippen LogP contribution < -0.4 is 5.32 Å². The van der Waals surface area contributed by atoms with Crippen molar-refractivity contribution in [2.75, 3.05) is 5.32 Å². The molecule has 0 aliphatic heterocycles. The summed E-state index contributed by atoms with van der Waals surface area (Å²) in [5.74, 6) is -0.114. The van der Waals surface area contributed by atoms with Crippen LogP contribution >= 0.6 is 11.6 Å². The average molecular weight is 364 g/mol. The summed E-state index contributed by atoms with van der Waals surface area (Å²) in [4.78, 5) is 32.2. The first-order valence-corrected chi connectivity index (χ1v) is 7.60. The highest BCUT2D eigenvalue weighted by molar-refractivity contribution is 6.30. The van der Waals surface area contributed by atoms with Gasteiger partial charge in [-0.1, -0.05) is 23.7 Å². The molecule has 0 aliphatic rings. The Bertz CT molecular complexity index is 823. The van der Waals surface area contributed by atoms with E-state index in [1.54, 1.807) is 24.3 Å². The maximum atomic E-state index is 11.6. The molecule has 0 saturated carbocycles. The van der Waals surface area contributed by atoms with Crippen molar-refractivity contribution in [2.45, 2.75) is 19.4 Å². The number of ketones is 1. The molecule has 2 aromatic carbocycles. The van der Waals surface area contributed by atoms with E-state index >= 15 is 0 Å². The molecule has 0 saturated heterocycles. The fraction of sp³-hybridized carbons (Fsp3) is 0.188. The molecular formula is C16H14ClN3O5. The van der Waals surface area contributed by atoms with E-state index in [0.717, 1.165) is 6.07 Å². The third-order valence-electron chi connectivity index (χ3n) is 3.48.